The molecule has 0 aliphatic heterocycles. The van der Waals surface area contributed by atoms with Gasteiger partial charge in [0.15, 0.2) is 4.90 Å². The van der Waals surface area contributed by atoms with E-state index in [1.165, 1.54) is 0 Å². The Bertz CT molecular complexity index is 584. The highest BCUT2D eigenvalue weighted by molar-refractivity contribution is 7.89. The Morgan fingerprint density at radius 1 is 1.33 bits per heavy atom. The van der Waals surface area contributed by atoms with Crippen LogP contribution in [0.5, 0.6) is 0 Å². The lowest BCUT2D eigenvalue weighted by Gasteiger charge is -2.20. The predicted molar refractivity (Wildman–Crippen MR) is 69.3 cm³/mol. The zero-order valence-corrected chi connectivity index (χ0v) is 11.9. The fraction of sp³-hybridized carbons (Fsp3) is 0.600. The molecule has 1 rings (SSSR count). The molecular weight excluding hydrogens is 256 g/mol. The minimum atomic E-state index is -3.87. The van der Waals surface area contributed by atoms with Crippen LogP contribution in [-0.4, -0.2) is 38.0 Å². The predicted octanol–water partition coefficient (Wildman–Crippen LogP) is -0.0873. The monoisotopic (exact) mass is 274 g/mol. The summed E-state index contributed by atoms with van der Waals surface area (Å²) < 4.78 is 26.3. The molecule has 8 heteroatoms. The van der Waals surface area contributed by atoms with Crippen molar-refractivity contribution in [3.8, 4) is 0 Å². The second-order valence-electron chi connectivity index (χ2n) is 5.15. The molecule has 0 saturated carbocycles. The van der Waals surface area contributed by atoms with E-state index in [0.29, 0.717) is 5.95 Å². The van der Waals surface area contributed by atoms with E-state index in [2.05, 4.69) is 14.7 Å². The number of nitrogens with one attached hydrogen (secondary N) is 2. The van der Waals surface area contributed by atoms with Gasteiger partial charge in [0, 0.05) is 19.6 Å². The smallest absolute Gasteiger partial charge is 0.272 e. The summed E-state index contributed by atoms with van der Waals surface area (Å²) in [6.07, 6.45) is 1.06. The molecule has 0 aromatic carbocycles. The zero-order chi connectivity index (χ0) is 14.1. The molecule has 0 fully saturated rings. The van der Waals surface area contributed by atoms with Crippen LogP contribution in [0.3, 0.4) is 0 Å². The molecule has 0 saturated heterocycles. The normalized spacial score (nSPS) is 12.5. The SMILES string of the molecule is CN(C)c1ncc(S(=O)(=O)NC(C)(C)C)c(=O)[nH]1. The Kier molecular flexibility index (Phi) is 3.82. The highest BCUT2D eigenvalue weighted by Crippen LogP contribution is 2.09. The van der Waals surface area contributed by atoms with E-state index in [0.717, 1.165) is 6.20 Å². The summed E-state index contributed by atoms with van der Waals surface area (Å²) in [6.45, 7) is 5.08. The molecular formula is C10H18N4O3S. The first-order valence-corrected chi connectivity index (χ1v) is 6.82. The number of nitrogens with zero attached hydrogens (tertiary/aromatic N) is 2. The van der Waals surface area contributed by atoms with Gasteiger partial charge in [-0.15, -0.1) is 0 Å². The van der Waals surface area contributed by atoms with Crippen molar-refractivity contribution in [2.45, 2.75) is 31.2 Å². The topological polar surface area (TPSA) is 95.2 Å². The average Bonchev–Trinajstić information content (AvgIpc) is 2.12. The fourth-order valence-electron chi connectivity index (χ4n) is 1.25. The van der Waals surface area contributed by atoms with Crippen molar-refractivity contribution in [2.75, 3.05) is 19.0 Å². The van der Waals surface area contributed by atoms with Gasteiger partial charge < -0.3 is 4.90 Å². The number of hydrogen-bond donors (Lipinski definition) is 2. The van der Waals surface area contributed by atoms with Crippen LogP contribution in [0, 0.1) is 0 Å². The van der Waals surface area contributed by atoms with Crippen molar-refractivity contribution in [1.29, 1.82) is 0 Å². The summed E-state index contributed by atoms with van der Waals surface area (Å²) in [5.74, 6) is 0.301. The van der Waals surface area contributed by atoms with Crippen molar-refractivity contribution >= 4 is 16.0 Å². The second-order valence-corrected chi connectivity index (χ2v) is 6.80. The minimum absolute atomic E-state index is 0.301. The van der Waals surface area contributed by atoms with E-state index < -0.39 is 21.1 Å². The van der Waals surface area contributed by atoms with Crippen LogP contribution >= 0.6 is 0 Å². The van der Waals surface area contributed by atoms with Crippen LogP contribution in [0.1, 0.15) is 20.8 Å². The number of H-pyrrole nitrogens is 1. The molecule has 2 N–H and O–H groups in total. The van der Waals surface area contributed by atoms with Crippen molar-refractivity contribution in [1.82, 2.24) is 14.7 Å². The molecule has 0 atom stereocenters. The number of aromatic amines is 1. The Hall–Kier alpha value is -1.41. The number of anilines is 1. The lowest BCUT2D eigenvalue weighted by molar-refractivity contribution is 0.490. The van der Waals surface area contributed by atoms with Crippen LogP contribution in [-0.2, 0) is 10.0 Å². The first-order valence-electron chi connectivity index (χ1n) is 5.33. The van der Waals surface area contributed by atoms with Crippen molar-refractivity contribution in [2.24, 2.45) is 0 Å². The molecule has 1 aromatic heterocycles. The van der Waals surface area contributed by atoms with Gasteiger partial charge in [0.1, 0.15) is 0 Å². The Morgan fingerprint density at radius 2 is 1.89 bits per heavy atom. The quantitative estimate of drug-likeness (QED) is 0.803. The Balaban J connectivity index is 3.23. The maximum absolute atomic E-state index is 12.0. The molecule has 0 bridgehead atoms. The van der Waals surface area contributed by atoms with Crippen LogP contribution in [0.15, 0.2) is 15.9 Å². The van der Waals surface area contributed by atoms with Crippen molar-refractivity contribution < 1.29 is 8.42 Å². The molecule has 1 aromatic rings. The second kappa shape index (κ2) is 4.69. The molecule has 0 aliphatic rings. The van der Waals surface area contributed by atoms with Gasteiger partial charge in [-0.25, -0.2) is 18.1 Å². The highest BCUT2D eigenvalue weighted by atomic mass is 32.2. The van der Waals surface area contributed by atoms with Crippen LogP contribution in [0.25, 0.3) is 0 Å². The van der Waals surface area contributed by atoms with Crippen LogP contribution in [0.4, 0.5) is 5.95 Å². The molecule has 1 heterocycles. The molecule has 0 unspecified atom stereocenters. The van der Waals surface area contributed by atoms with Gasteiger partial charge >= 0.3 is 0 Å². The van der Waals surface area contributed by atoms with E-state index in [1.807, 2.05) is 0 Å². The molecule has 0 aliphatic carbocycles. The summed E-state index contributed by atoms with van der Waals surface area (Å²) in [6, 6.07) is 0. The molecule has 0 spiro atoms. The lowest BCUT2D eigenvalue weighted by Crippen LogP contribution is -2.42. The first kappa shape index (κ1) is 14.7. The average molecular weight is 274 g/mol. The van der Waals surface area contributed by atoms with E-state index in [4.69, 9.17) is 0 Å². The molecule has 18 heavy (non-hydrogen) atoms. The third kappa shape index (κ3) is 3.54. The highest BCUT2D eigenvalue weighted by Gasteiger charge is 2.25. The van der Waals surface area contributed by atoms with Crippen molar-refractivity contribution in [3.63, 3.8) is 0 Å². The lowest BCUT2D eigenvalue weighted by atomic mass is 10.1. The summed E-state index contributed by atoms with van der Waals surface area (Å²) >= 11 is 0. The summed E-state index contributed by atoms with van der Waals surface area (Å²) in [5.41, 5.74) is -1.35. The third-order valence-corrected chi connectivity index (χ3v) is 3.66. The third-order valence-electron chi connectivity index (χ3n) is 1.91. The van der Waals surface area contributed by atoms with Crippen LogP contribution < -0.4 is 15.2 Å². The van der Waals surface area contributed by atoms with Gasteiger partial charge in [0.05, 0.1) is 6.20 Å². The van der Waals surface area contributed by atoms with Gasteiger partial charge in [-0.05, 0) is 20.8 Å². The van der Waals surface area contributed by atoms with Gasteiger partial charge in [-0.2, -0.15) is 0 Å². The van der Waals surface area contributed by atoms with Crippen LogP contribution in [0.2, 0.25) is 0 Å². The van der Waals surface area contributed by atoms with E-state index in [9.17, 15) is 13.2 Å². The number of sulfonamides is 1. The van der Waals surface area contributed by atoms with Gasteiger partial charge in [0.2, 0.25) is 16.0 Å². The molecule has 7 nitrogen and oxygen atoms in total. The molecule has 102 valence electrons. The largest absolute Gasteiger partial charge is 0.348 e. The van der Waals surface area contributed by atoms with Gasteiger partial charge in [-0.3, -0.25) is 9.78 Å². The Labute approximate surface area is 106 Å². The summed E-state index contributed by atoms with van der Waals surface area (Å²) in [4.78, 5) is 19.2. The molecule has 0 amide bonds. The number of aromatic nitrogens is 2. The number of hydrogen-bond acceptors (Lipinski definition) is 5. The fourth-order valence-corrected chi connectivity index (χ4v) is 2.65. The van der Waals surface area contributed by atoms with E-state index in [1.54, 1.807) is 39.8 Å². The summed E-state index contributed by atoms with van der Waals surface area (Å²) in [7, 11) is -0.477. The maximum atomic E-state index is 12.0. The van der Waals surface area contributed by atoms with Crippen molar-refractivity contribution in [3.05, 3.63) is 16.6 Å². The number of rotatable bonds is 3. The minimum Gasteiger partial charge on any atom is -0.348 e. The maximum Gasteiger partial charge on any atom is 0.272 e. The Morgan fingerprint density at radius 3 is 2.28 bits per heavy atom. The zero-order valence-electron chi connectivity index (χ0n) is 11.1. The van der Waals surface area contributed by atoms with E-state index >= 15 is 0 Å². The molecule has 0 radical (unpaired) electrons. The van der Waals surface area contributed by atoms with Gasteiger partial charge in [0.25, 0.3) is 5.56 Å². The van der Waals surface area contributed by atoms with Gasteiger partial charge in [-0.1, -0.05) is 0 Å². The standard InChI is InChI=1S/C10H18N4O3S/c1-10(2,3)13-18(16,17)7-6-11-9(14(4)5)12-8(7)15/h6,13H,1-5H3,(H,11,12,15). The first-order chi connectivity index (χ1) is 8.03. The van der Waals surface area contributed by atoms with E-state index in [-0.39, 0.29) is 4.90 Å². The summed E-state index contributed by atoms with van der Waals surface area (Å²) in [5, 5.41) is 0.